The van der Waals surface area contributed by atoms with Crippen LogP contribution in [0.3, 0.4) is 0 Å². The number of ether oxygens (including phenoxy) is 2. The van der Waals surface area contributed by atoms with E-state index in [0.29, 0.717) is 36.0 Å². The quantitative estimate of drug-likeness (QED) is 0.188. The van der Waals surface area contributed by atoms with Gasteiger partial charge < -0.3 is 9.47 Å². The molecule has 2 unspecified atom stereocenters. The second-order valence-electron chi connectivity index (χ2n) is 14.7. The molecule has 11 aliphatic rings. The zero-order chi connectivity index (χ0) is 25.4. The lowest BCUT2D eigenvalue weighted by atomic mass is 9.33. The van der Waals surface area contributed by atoms with Gasteiger partial charge in [0.05, 0.1) is 12.0 Å². The Kier molecular flexibility index (Phi) is 4.93. The molecular formula is C28H36F2O6S. The summed E-state index contributed by atoms with van der Waals surface area (Å²) in [6, 6.07) is 0. The fourth-order valence-electron chi connectivity index (χ4n) is 12.5. The third-order valence-electron chi connectivity index (χ3n) is 12.8. The molecule has 11 saturated carbocycles. The number of hydrogen-bond donors (Lipinski definition) is 1. The molecule has 0 aromatic carbocycles. The van der Waals surface area contributed by atoms with Crippen LogP contribution in [0.2, 0.25) is 0 Å². The van der Waals surface area contributed by atoms with Gasteiger partial charge in [0.15, 0.2) is 0 Å². The maximum atomic E-state index is 14.1. The number of rotatable bonds is 7. The highest BCUT2D eigenvalue weighted by molar-refractivity contribution is 7.96. The summed E-state index contributed by atoms with van der Waals surface area (Å²) in [5.41, 5.74) is -1.31. The Balaban J connectivity index is 1.01. The Bertz CT molecular complexity index is 958. The van der Waals surface area contributed by atoms with Crippen LogP contribution < -0.4 is 0 Å². The summed E-state index contributed by atoms with van der Waals surface area (Å²) in [6.07, 6.45) is 12.2. The zero-order valence-corrected chi connectivity index (χ0v) is 21.9. The summed E-state index contributed by atoms with van der Waals surface area (Å²) in [7, 11) is 0. The van der Waals surface area contributed by atoms with E-state index in [9.17, 15) is 18.4 Å². The van der Waals surface area contributed by atoms with Gasteiger partial charge in [0, 0.05) is 5.41 Å². The molecule has 37 heavy (non-hydrogen) atoms. The van der Waals surface area contributed by atoms with E-state index in [4.69, 9.17) is 14.7 Å². The second-order valence-corrected chi connectivity index (χ2v) is 15.6. The van der Waals surface area contributed by atoms with Crippen molar-refractivity contribution >= 4 is 24.0 Å². The predicted molar refractivity (Wildman–Crippen MR) is 128 cm³/mol. The molecule has 0 saturated heterocycles. The minimum absolute atomic E-state index is 0.0256. The van der Waals surface area contributed by atoms with Gasteiger partial charge in [-0.2, -0.15) is 13.1 Å². The van der Waals surface area contributed by atoms with Crippen LogP contribution in [0.1, 0.15) is 77.0 Å². The smallest absolute Gasteiger partial charge is 0.415 e. The molecule has 1 N–H and O–H groups in total. The van der Waals surface area contributed by atoms with Crippen LogP contribution in [0.5, 0.6) is 0 Å². The predicted octanol–water partition coefficient (Wildman–Crippen LogP) is 5.85. The van der Waals surface area contributed by atoms with Crippen LogP contribution in [0.25, 0.3) is 0 Å². The van der Waals surface area contributed by atoms with Crippen molar-refractivity contribution in [2.24, 2.45) is 64.1 Å². The van der Waals surface area contributed by atoms with Crippen molar-refractivity contribution < 1.29 is 37.4 Å². The number of carbonyl (C=O) groups is 2. The van der Waals surface area contributed by atoms with E-state index in [1.165, 1.54) is 19.3 Å². The van der Waals surface area contributed by atoms with Gasteiger partial charge in [0.1, 0.15) is 17.6 Å². The van der Waals surface area contributed by atoms with Crippen molar-refractivity contribution in [3.05, 3.63) is 0 Å². The Labute approximate surface area is 220 Å². The number of alkyl halides is 2. The highest BCUT2D eigenvalue weighted by atomic mass is 32.2. The molecule has 0 aromatic heterocycles. The van der Waals surface area contributed by atoms with Crippen molar-refractivity contribution in [2.45, 2.75) is 87.9 Å². The van der Waals surface area contributed by atoms with E-state index in [2.05, 4.69) is 4.33 Å². The summed E-state index contributed by atoms with van der Waals surface area (Å²) in [4.78, 5) is 26.2. The first-order valence-corrected chi connectivity index (χ1v) is 15.1. The van der Waals surface area contributed by atoms with Gasteiger partial charge in [0.2, 0.25) is 0 Å². The molecule has 0 radical (unpaired) electrons. The molecule has 0 aliphatic heterocycles. The van der Waals surface area contributed by atoms with E-state index in [-0.39, 0.29) is 18.0 Å². The van der Waals surface area contributed by atoms with Gasteiger partial charge >= 0.3 is 17.2 Å². The topological polar surface area (TPSA) is 82.1 Å². The SMILES string of the molecule is O=C(OC12CC3CC(CC(COC(=O)C(F)(F)SOO)(C3)C1)C2)C12CC3C4CC5CC3C(C1)C(C5)C4C2. The summed E-state index contributed by atoms with van der Waals surface area (Å²) in [5, 5.41) is 4.37. The molecule has 204 valence electrons. The van der Waals surface area contributed by atoms with Crippen molar-refractivity contribution in [3.63, 3.8) is 0 Å². The Hall–Kier alpha value is -0.930. The second kappa shape index (κ2) is 7.62. The number of halogens is 2. The van der Waals surface area contributed by atoms with Crippen LogP contribution in [0, 0.1) is 64.1 Å². The summed E-state index contributed by atoms with van der Waals surface area (Å²) < 4.78 is 42.9. The van der Waals surface area contributed by atoms with Crippen LogP contribution in [0.15, 0.2) is 0 Å². The fraction of sp³-hybridized carbons (Fsp3) is 0.929. The van der Waals surface area contributed by atoms with Crippen LogP contribution >= 0.6 is 12.0 Å². The third-order valence-corrected chi connectivity index (χ3v) is 13.2. The molecule has 0 heterocycles. The van der Waals surface area contributed by atoms with E-state index in [1.54, 1.807) is 0 Å². The largest absolute Gasteiger partial charge is 0.460 e. The van der Waals surface area contributed by atoms with Gasteiger partial charge in [-0.25, -0.2) is 10.1 Å². The van der Waals surface area contributed by atoms with Crippen molar-refractivity contribution in [2.75, 3.05) is 6.61 Å². The normalized spacial score (nSPS) is 53.6. The zero-order valence-electron chi connectivity index (χ0n) is 21.0. The number of carbonyl (C=O) groups excluding carboxylic acids is 2. The van der Waals surface area contributed by atoms with Gasteiger partial charge in [0.25, 0.3) is 0 Å². The van der Waals surface area contributed by atoms with E-state index in [0.717, 1.165) is 75.0 Å². The van der Waals surface area contributed by atoms with Gasteiger partial charge in [-0.3, -0.25) is 4.79 Å². The molecule has 6 nitrogen and oxygen atoms in total. The minimum Gasteiger partial charge on any atom is -0.460 e. The fourth-order valence-corrected chi connectivity index (χ4v) is 12.7. The summed E-state index contributed by atoms with van der Waals surface area (Å²) >= 11 is -0.619. The van der Waals surface area contributed by atoms with E-state index < -0.39 is 34.3 Å². The van der Waals surface area contributed by atoms with E-state index >= 15 is 0 Å². The van der Waals surface area contributed by atoms with Gasteiger partial charge in [-0.15, -0.1) is 0 Å². The van der Waals surface area contributed by atoms with Gasteiger partial charge in [-0.1, -0.05) is 0 Å². The summed E-state index contributed by atoms with van der Waals surface area (Å²) in [5.74, 6) is 4.64. The first-order chi connectivity index (χ1) is 17.6. The van der Waals surface area contributed by atoms with Crippen LogP contribution in [0.4, 0.5) is 8.78 Å². The van der Waals surface area contributed by atoms with Crippen molar-refractivity contribution in [3.8, 4) is 0 Å². The number of hydrogen-bond acceptors (Lipinski definition) is 7. The lowest BCUT2D eigenvalue weighted by Gasteiger charge is -2.72. The Morgan fingerprint density at radius 1 is 0.811 bits per heavy atom. The average Bonchev–Trinajstić information content (AvgIpc) is 2.84. The first-order valence-electron chi connectivity index (χ1n) is 14.4. The standard InChI is InChI=1S/C28H36F2O6S/c29-28(30,37-36-33)24(32)34-13-25-5-15-1-16(6-25)8-27(7-15,12-25)35-23(31)26-9-20-17-2-14-3-18(20)22(11-26)19(4-14)21(17)10-26/h14-22,33H,1-13H2. The number of esters is 2. The lowest BCUT2D eigenvalue weighted by Crippen LogP contribution is -2.67. The van der Waals surface area contributed by atoms with Crippen LogP contribution in [-0.4, -0.2) is 34.7 Å². The Morgan fingerprint density at radius 2 is 1.38 bits per heavy atom. The highest BCUT2D eigenvalue weighted by Gasteiger charge is 2.70. The minimum atomic E-state index is -3.97. The summed E-state index contributed by atoms with van der Waals surface area (Å²) in [6.45, 7) is -0.108. The Morgan fingerprint density at radius 3 is 1.92 bits per heavy atom. The molecule has 0 amide bonds. The molecule has 12 bridgehead atoms. The maximum Gasteiger partial charge on any atom is 0.415 e. The molecule has 0 spiro atoms. The van der Waals surface area contributed by atoms with Gasteiger partial charge in [-0.05, 0) is 130 Å². The van der Waals surface area contributed by atoms with Crippen molar-refractivity contribution in [1.82, 2.24) is 0 Å². The van der Waals surface area contributed by atoms with Crippen LogP contribution in [-0.2, 0) is 23.4 Å². The molecule has 9 heteroatoms. The van der Waals surface area contributed by atoms with E-state index in [1.807, 2.05) is 0 Å². The monoisotopic (exact) mass is 538 g/mol. The van der Waals surface area contributed by atoms with Crippen molar-refractivity contribution in [1.29, 1.82) is 0 Å². The maximum absolute atomic E-state index is 14.1. The highest BCUT2D eigenvalue weighted by Crippen LogP contribution is 2.75. The molecule has 0 aromatic rings. The average molecular weight is 539 g/mol. The molecule has 2 atom stereocenters. The molecular weight excluding hydrogens is 502 g/mol. The lowest BCUT2D eigenvalue weighted by molar-refractivity contribution is -0.255. The first kappa shape index (κ1) is 23.9. The third kappa shape index (κ3) is 3.35. The molecule has 11 aliphatic carbocycles. The molecule has 11 fully saturated rings. The molecule has 11 rings (SSSR count).